The lowest BCUT2D eigenvalue weighted by molar-refractivity contribution is 0.0556. The molecular weight excluding hydrogens is 228 g/mol. The lowest BCUT2D eigenvalue weighted by Gasteiger charge is -2.29. The van der Waals surface area contributed by atoms with Crippen LogP contribution in [0, 0.1) is 6.92 Å². The number of nitrogens with one attached hydrogen (secondary N) is 1. The molecule has 18 heavy (non-hydrogen) atoms. The predicted octanol–water partition coefficient (Wildman–Crippen LogP) is 1.34. The normalized spacial score (nSPS) is 20.4. The van der Waals surface area contributed by atoms with Gasteiger partial charge in [0, 0.05) is 6.04 Å². The van der Waals surface area contributed by atoms with E-state index >= 15 is 0 Å². The highest BCUT2D eigenvalue weighted by Crippen LogP contribution is 2.28. The molecule has 0 radical (unpaired) electrons. The van der Waals surface area contributed by atoms with Crippen molar-refractivity contribution in [3.05, 3.63) is 34.9 Å². The first-order valence-corrected chi connectivity index (χ1v) is 6.38. The van der Waals surface area contributed by atoms with Crippen LogP contribution in [0.2, 0.25) is 0 Å². The second kappa shape index (κ2) is 4.21. The number of amides is 2. The molecule has 2 amide bonds. The van der Waals surface area contributed by atoms with Crippen LogP contribution in [0.4, 0.5) is 0 Å². The van der Waals surface area contributed by atoms with Crippen molar-refractivity contribution in [3.8, 4) is 0 Å². The minimum atomic E-state index is -0.123. The highest BCUT2D eigenvalue weighted by atomic mass is 16.2. The van der Waals surface area contributed by atoms with Crippen molar-refractivity contribution < 1.29 is 9.59 Å². The molecule has 0 spiro atoms. The van der Waals surface area contributed by atoms with Gasteiger partial charge < -0.3 is 5.32 Å². The number of carbonyl (C=O) groups excluding carboxylic acids is 2. The fourth-order valence-corrected chi connectivity index (χ4v) is 2.77. The Kier molecular flexibility index (Phi) is 2.67. The quantitative estimate of drug-likeness (QED) is 0.758. The SMILES string of the molecule is Cc1ccc2c(c1)C(=O)N(C1CCNCC1)C2=O. The van der Waals surface area contributed by atoms with E-state index in [0.717, 1.165) is 31.5 Å². The Balaban J connectivity index is 1.96. The van der Waals surface area contributed by atoms with E-state index in [9.17, 15) is 9.59 Å². The molecule has 4 heteroatoms. The molecule has 1 N–H and O–H groups in total. The van der Waals surface area contributed by atoms with E-state index in [1.807, 2.05) is 19.1 Å². The molecule has 2 aliphatic heterocycles. The molecule has 2 aliphatic rings. The van der Waals surface area contributed by atoms with Gasteiger partial charge in [-0.2, -0.15) is 0 Å². The van der Waals surface area contributed by atoms with Crippen molar-refractivity contribution in [2.45, 2.75) is 25.8 Å². The summed E-state index contributed by atoms with van der Waals surface area (Å²) in [6.07, 6.45) is 1.70. The number of imide groups is 1. The van der Waals surface area contributed by atoms with E-state index in [1.54, 1.807) is 6.07 Å². The molecule has 3 rings (SSSR count). The van der Waals surface area contributed by atoms with Crippen LogP contribution in [-0.4, -0.2) is 35.8 Å². The molecule has 0 aliphatic carbocycles. The van der Waals surface area contributed by atoms with Crippen molar-refractivity contribution >= 4 is 11.8 Å². The van der Waals surface area contributed by atoms with Gasteiger partial charge in [-0.15, -0.1) is 0 Å². The molecule has 2 heterocycles. The second-order valence-electron chi connectivity index (χ2n) is 5.01. The summed E-state index contributed by atoms with van der Waals surface area (Å²) in [5.41, 5.74) is 2.14. The Hall–Kier alpha value is -1.68. The molecular formula is C14H16N2O2. The van der Waals surface area contributed by atoms with Gasteiger partial charge in [0.05, 0.1) is 11.1 Å². The van der Waals surface area contributed by atoms with Crippen LogP contribution >= 0.6 is 0 Å². The summed E-state index contributed by atoms with van der Waals surface area (Å²) in [4.78, 5) is 26.1. The summed E-state index contributed by atoms with van der Waals surface area (Å²) < 4.78 is 0. The van der Waals surface area contributed by atoms with Crippen molar-refractivity contribution in [2.75, 3.05) is 13.1 Å². The minimum Gasteiger partial charge on any atom is -0.317 e. The zero-order valence-electron chi connectivity index (χ0n) is 10.4. The fraction of sp³-hybridized carbons (Fsp3) is 0.429. The molecule has 1 fully saturated rings. The Morgan fingerprint density at radius 3 is 2.50 bits per heavy atom. The number of nitrogens with zero attached hydrogens (tertiary/aromatic N) is 1. The van der Waals surface area contributed by atoms with Gasteiger partial charge in [0.1, 0.15) is 0 Å². The van der Waals surface area contributed by atoms with Crippen LogP contribution in [0.15, 0.2) is 18.2 Å². The standard InChI is InChI=1S/C14H16N2O2/c1-9-2-3-11-12(8-9)14(18)16(13(11)17)10-4-6-15-7-5-10/h2-3,8,10,15H,4-7H2,1H3. The molecule has 4 nitrogen and oxygen atoms in total. The van der Waals surface area contributed by atoms with Gasteiger partial charge in [-0.25, -0.2) is 0 Å². The first-order valence-electron chi connectivity index (χ1n) is 6.38. The van der Waals surface area contributed by atoms with E-state index in [0.29, 0.717) is 11.1 Å². The molecule has 0 aromatic heterocycles. The van der Waals surface area contributed by atoms with Gasteiger partial charge in [-0.1, -0.05) is 11.6 Å². The van der Waals surface area contributed by atoms with E-state index < -0.39 is 0 Å². The van der Waals surface area contributed by atoms with Crippen LogP contribution in [0.5, 0.6) is 0 Å². The highest BCUT2D eigenvalue weighted by Gasteiger charge is 2.39. The molecule has 0 atom stereocenters. The Bertz CT molecular complexity index is 519. The highest BCUT2D eigenvalue weighted by molar-refractivity contribution is 6.21. The van der Waals surface area contributed by atoms with Crippen molar-refractivity contribution in [3.63, 3.8) is 0 Å². The number of piperidine rings is 1. The maximum atomic E-state index is 12.3. The van der Waals surface area contributed by atoms with E-state index in [1.165, 1.54) is 4.90 Å². The van der Waals surface area contributed by atoms with Crippen LogP contribution < -0.4 is 5.32 Å². The Labute approximate surface area is 106 Å². The lowest BCUT2D eigenvalue weighted by Crippen LogP contribution is -2.45. The van der Waals surface area contributed by atoms with Gasteiger partial charge in [-0.05, 0) is 45.0 Å². The van der Waals surface area contributed by atoms with E-state index in [-0.39, 0.29) is 17.9 Å². The first-order chi connectivity index (χ1) is 8.68. The molecule has 1 aromatic rings. The molecule has 1 saturated heterocycles. The average molecular weight is 244 g/mol. The molecule has 0 unspecified atom stereocenters. The van der Waals surface area contributed by atoms with E-state index in [2.05, 4.69) is 5.32 Å². The number of fused-ring (bicyclic) bond motifs is 1. The van der Waals surface area contributed by atoms with E-state index in [4.69, 9.17) is 0 Å². The molecule has 0 saturated carbocycles. The first kappa shape index (κ1) is 11.4. The fourth-order valence-electron chi connectivity index (χ4n) is 2.77. The van der Waals surface area contributed by atoms with Crippen molar-refractivity contribution in [2.24, 2.45) is 0 Å². The topological polar surface area (TPSA) is 49.4 Å². The smallest absolute Gasteiger partial charge is 0.261 e. The van der Waals surface area contributed by atoms with Crippen LogP contribution in [0.25, 0.3) is 0 Å². The van der Waals surface area contributed by atoms with Crippen molar-refractivity contribution in [1.29, 1.82) is 0 Å². The summed E-state index contributed by atoms with van der Waals surface area (Å²) in [7, 11) is 0. The maximum absolute atomic E-state index is 12.3. The second-order valence-corrected chi connectivity index (χ2v) is 5.01. The molecule has 94 valence electrons. The summed E-state index contributed by atoms with van der Waals surface area (Å²) >= 11 is 0. The Morgan fingerprint density at radius 2 is 1.78 bits per heavy atom. The Morgan fingerprint density at radius 1 is 1.11 bits per heavy atom. The number of rotatable bonds is 1. The van der Waals surface area contributed by atoms with Gasteiger partial charge in [0.15, 0.2) is 0 Å². The van der Waals surface area contributed by atoms with Gasteiger partial charge in [0.2, 0.25) is 0 Å². The summed E-state index contributed by atoms with van der Waals surface area (Å²) in [6, 6.07) is 5.53. The number of aryl methyl sites for hydroxylation is 1. The number of hydrogen-bond acceptors (Lipinski definition) is 3. The predicted molar refractivity (Wildman–Crippen MR) is 67.6 cm³/mol. The van der Waals surface area contributed by atoms with Crippen LogP contribution in [-0.2, 0) is 0 Å². The van der Waals surface area contributed by atoms with Crippen LogP contribution in [0.1, 0.15) is 39.1 Å². The number of carbonyl (C=O) groups is 2. The van der Waals surface area contributed by atoms with Gasteiger partial charge >= 0.3 is 0 Å². The summed E-state index contributed by atoms with van der Waals surface area (Å²) in [5.74, 6) is -0.243. The van der Waals surface area contributed by atoms with Gasteiger partial charge in [0.25, 0.3) is 11.8 Å². The third-order valence-corrected chi connectivity index (χ3v) is 3.75. The van der Waals surface area contributed by atoms with Crippen molar-refractivity contribution in [1.82, 2.24) is 10.2 Å². The summed E-state index contributed by atoms with van der Waals surface area (Å²) in [6.45, 7) is 3.68. The third-order valence-electron chi connectivity index (χ3n) is 3.75. The average Bonchev–Trinajstić information content (AvgIpc) is 2.63. The monoisotopic (exact) mass is 244 g/mol. The maximum Gasteiger partial charge on any atom is 0.261 e. The molecule has 1 aromatic carbocycles. The zero-order valence-corrected chi connectivity index (χ0v) is 10.4. The number of hydrogen-bond donors (Lipinski definition) is 1. The third kappa shape index (κ3) is 1.64. The number of benzene rings is 1. The van der Waals surface area contributed by atoms with Gasteiger partial charge in [-0.3, -0.25) is 14.5 Å². The lowest BCUT2D eigenvalue weighted by atomic mass is 10.1. The summed E-state index contributed by atoms with van der Waals surface area (Å²) in [5, 5.41) is 3.25. The largest absolute Gasteiger partial charge is 0.317 e. The minimum absolute atomic E-state index is 0.0546. The zero-order chi connectivity index (χ0) is 12.7. The molecule has 0 bridgehead atoms. The van der Waals surface area contributed by atoms with Crippen LogP contribution in [0.3, 0.4) is 0 Å².